The van der Waals surface area contributed by atoms with Crippen LogP contribution in [0, 0.1) is 23.7 Å². The van der Waals surface area contributed by atoms with Crippen molar-refractivity contribution in [3.05, 3.63) is 21.9 Å². The van der Waals surface area contributed by atoms with Crippen molar-refractivity contribution in [2.45, 2.75) is 47.1 Å². The van der Waals surface area contributed by atoms with E-state index in [2.05, 4.69) is 55.9 Å². The number of hydrogen-bond acceptors (Lipinski definition) is 3. The van der Waals surface area contributed by atoms with Crippen LogP contribution in [0.2, 0.25) is 0 Å². The SMILES string of the molecule is CC(C)CCN(CCC(C)C)Cc1sccc1C#CCN. The summed E-state index contributed by atoms with van der Waals surface area (Å²) in [5, 5.41) is 2.14. The molecule has 0 aliphatic rings. The van der Waals surface area contributed by atoms with Crippen molar-refractivity contribution >= 4 is 11.3 Å². The average molecular weight is 307 g/mol. The smallest absolute Gasteiger partial charge is 0.0555 e. The summed E-state index contributed by atoms with van der Waals surface area (Å²) >= 11 is 1.81. The van der Waals surface area contributed by atoms with Crippen LogP contribution in [0.5, 0.6) is 0 Å². The van der Waals surface area contributed by atoms with Crippen LogP contribution in [0.3, 0.4) is 0 Å². The Morgan fingerprint density at radius 3 is 2.29 bits per heavy atom. The zero-order chi connectivity index (χ0) is 15.7. The Morgan fingerprint density at radius 1 is 1.14 bits per heavy atom. The van der Waals surface area contributed by atoms with Gasteiger partial charge in [0.15, 0.2) is 0 Å². The van der Waals surface area contributed by atoms with Crippen LogP contribution in [0.1, 0.15) is 51.0 Å². The third-order valence-electron chi connectivity index (χ3n) is 3.48. The Bertz CT molecular complexity index is 439. The molecule has 1 rings (SSSR count). The Balaban J connectivity index is 2.68. The summed E-state index contributed by atoms with van der Waals surface area (Å²) in [5.41, 5.74) is 6.63. The van der Waals surface area contributed by atoms with Gasteiger partial charge in [-0.15, -0.1) is 11.3 Å². The molecule has 0 radical (unpaired) electrons. The van der Waals surface area contributed by atoms with E-state index < -0.39 is 0 Å². The van der Waals surface area contributed by atoms with E-state index in [0.717, 1.165) is 23.9 Å². The largest absolute Gasteiger partial charge is 0.320 e. The first kappa shape index (κ1) is 18.2. The van der Waals surface area contributed by atoms with Gasteiger partial charge in [-0.2, -0.15) is 0 Å². The van der Waals surface area contributed by atoms with E-state index in [1.807, 2.05) is 11.3 Å². The molecule has 0 saturated carbocycles. The van der Waals surface area contributed by atoms with Gasteiger partial charge in [0.2, 0.25) is 0 Å². The zero-order valence-corrected chi connectivity index (χ0v) is 14.8. The summed E-state index contributed by atoms with van der Waals surface area (Å²) in [6, 6.07) is 2.12. The van der Waals surface area contributed by atoms with E-state index in [9.17, 15) is 0 Å². The van der Waals surface area contributed by atoms with E-state index in [0.29, 0.717) is 6.54 Å². The number of thiophene rings is 1. The van der Waals surface area contributed by atoms with Crippen molar-refractivity contribution in [3.63, 3.8) is 0 Å². The van der Waals surface area contributed by atoms with Gasteiger partial charge in [-0.25, -0.2) is 0 Å². The number of rotatable bonds is 8. The van der Waals surface area contributed by atoms with Gasteiger partial charge in [0.05, 0.1) is 6.54 Å². The van der Waals surface area contributed by atoms with Gasteiger partial charge >= 0.3 is 0 Å². The first-order chi connectivity index (χ1) is 10.0. The summed E-state index contributed by atoms with van der Waals surface area (Å²) in [5.74, 6) is 7.68. The highest BCUT2D eigenvalue weighted by Gasteiger charge is 2.11. The highest BCUT2D eigenvalue weighted by Crippen LogP contribution is 2.19. The van der Waals surface area contributed by atoms with Crippen molar-refractivity contribution in [1.29, 1.82) is 0 Å². The van der Waals surface area contributed by atoms with Gasteiger partial charge in [0.1, 0.15) is 0 Å². The van der Waals surface area contributed by atoms with Gasteiger partial charge in [-0.05, 0) is 49.2 Å². The molecule has 1 heterocycles. The van der Waals surface area contributed by atoms with E-state index in [-0.39, 0.29) is 0 Å². The minimum atomic E-state index is 0.430. The van der Waals surface area contributed by atoms with Crippen LogP contribution in [-0.4, -0.2) is 24.5 Å². The van der Waals surface area contributed by atoms with Gasteiger partial charge in [0.25, 0.3) is 0 Å². The van der Waals surface area contributed by atoms with E-state index in [1.165, 1.54) is 30.8 Å². The van der Waals surface area contributed by atoms with Gasteiger partial charge in [0, 0.05) is 17.0 Å². The molecular formula is C18H30N2S. The third kappa shape index (κ3) is 7.66. The lowest BCUT2D eigenvalue weighted by Gasteiger charge is -2.23. The maximum atomic E-state index is 5.48. The van der Waals surface area contributed by atoms with Gasteiger partial charge in [-0.1, -0.05) is 39.5 Å². The minimum Gasteiger partial charge on any atom is -0.320 e. The molecule has 0 aliphatic heterocycles. The van der Waals surface area contributed by atoms with Crippen LogP contribution < -0.4 is 5.73 Å². The lowest BCUT2D eigenvalue weighted by Crippen LogP contribution is -2.27. The first-order valence-corrected chi connectivity index (χ1v) is 8.88. The molecule has 0 aromatic carbocycles. The second kappa shape index (κ2) is 10.00. The van der Waals surface area contributed by atoms with Crippen LogP contribution >= 0.6 is 11.3 Å². The van der Waals surface area contributed by atoms with E-state index in [1.54, 1.807) is 0 Å². The van der Waals surface area contributed by atoms with E-state index in [4.69, 9.17) is 5.73 Å². The molecule has 2 N–H and O–H groups in total. The number of nitrogens with zero attached hydrogens (tertiary/aromatic N) is 1. The Labute approximate surface area is 134 Å². The van der Waals surface area contributed by atoms with Crippen LogP contribution in [0.15, 0.2) is 11.4 Å². The molecule has 1 aromatic heterocycles. The molecule has 0 fully saturated rings. The molecule has 0 spiro atoms. The quantitative estimate of drug-likeness (QED) is 0.737. The minimum absolute atomic E-state index is 0.430. The fourth-order valence-electron chi connectivity index (χ4n) is 2.08. The maximum Gasteiger partial charge on any atom is 0.0555 e. The molecule has 0 amide bonds. The summed E-state index contributed by atoms with van der Waals surface area (Å²) in [6.45, 7) is 13.0. The molecule has 0 atom stereocenters. The van der Waals surface area contributed by atoms with Crippen molar-refractivity contribution in [3.8, 4) is 11.8 Å². The zero-order valence-electron chi connectivity index (χ0n) is 14.0. The topological polar surface area (TPSA) is 29.3 Å². The lowest BCUT2D eigenvalue weighted by atomic mass is 10.1. The molecule has 21 heavy (non-hydrogen) atoms. The third-order valence-corrected chi connectivity index (χ3v) is 4.39. The summed E-state index contributed by atoms with van der Waals surface area (Å²) in [4.78, 5) is 3.96. The Kier molecular flexibility index (Phi) is 8.68. The van der Waals surface area contributed by atoms with Crippen LogP contribution in [0.25, 0.3) is 0 Å². The van der Waals surface area contributed by atoms with Gasteiger partial charge < -0.3 is 5.73 Å². The number of nitrogens with two attached hydrogens (primary N) is 1. The van der Waals surface area contributed by atoms with Gasteiger partial charge in [-0.3, -0.25) is 4.90 Å². The van der Waals surface area contributed by atoms with E-state index >= 15 is 0 Å². The molecule has 3 heteroatoms. The molecule has 2 nitrogen and oxygen atoms in total. The summed E-state index contributed by atoms with van der Waals surface area (Å²) in [6.07, 6.45) is 2.51. The highest BCUT2D eigenvalue weighted by atomic mass is 32.1. The molecule has 0 unspecified atom stereocenters. The maximum absolute atomic E-state index is 5.48. The predicted octanol–water partition coefficient (Wildman–Crippen LogP) is 3.95. The predicted molar refractivity (Wildman–Crippen MR) is 94.4 cm³/mol. The molecule has 118 valence electrons. The van der Waals surface area contributed by atoms with Crippen molar-refractivity contribution in [2.24, 2.45) is 17.6 Å². The normalized spacial score (nSPS) is 11.2. The van der Waals surface area contributed by atoms with Crippen LogP contribution in [0.4, 0.5) is 0 Å². The fourth-order valence-corrected chi connectivity index (χ4v) is 2.95. The van der Waals surface area contributed by atoms with Crippen molar-refractivity contribution in [1.82, 2.24) is 4.90 Å². The fraction of sp³-hybridized carbons (Fsp3) is 0.667. The molecule has 0 aliphatic carbocycles. The lowest BCUT2D eigenvalue weighted by molar-refractivity contribution is 0.237. The monoisotopic (exact) mass is 306 g/mol. The van der Waals surface area contributed by atoms with Crippen molar-refractivity contribution < 1.29 is 0 Å². The second-order valence-corrected chi connectivity index (χ2v) is 7.41. The molecular weight excluding hydrogens is 276 g/mol. The first-order valence-electron chi connectivity index (χ1n) is 8.00. The highest BCUT2D eigenvalue weighted by molar-refractivity contribution is 7.10. The standard InChI is InChI=1S/C18H30N2S/c1-15(2)7-11-20(12-8-16(3)4)14-18-17(6-5-10-19)9-13-21-18/h9,13,15-16H,7-8,10-12,14,19H2,1-4H3. The summed E-state index contributed by atoms with van der Waals surface area (Å²) in [7, 11) is 0. The molecule has 0 bridgehead atoms. The van der Waals surface area contributed by atoms with Crippen molar-refractivity contribution in [2.75, 3.05) is 19.6 Å². The average Bonchev–Trinajstić information content (AvgIpc) is 2.86. The second-order valence-electron chi connectivity index (χ2n) is 6.40. The molecule has 0 saturated heterocycles. The Morgan fingerprint density at radius 2 is 1.76 bits per heavy atom. The molecule has 1 aromatic rings. The Hall–Kier alpha value is -0.820. The summed E-state index contributed by atoms with van der Waals surface area (Å²) < 4.78 is 0. The van der Waals surface area contributed by atoms with Crippen LogP contribution in [-0.2, 0) is 6.54 Å². The number of hydrogen-bond donors (Lipinski definition) is 1.